The zero-order valence-electron chi connectivity index (χ0n) is 11.1. The molecule has 0 unspecified atom stereocenters. The number of nitrogens with zero attached hydrogens (tertiary/aromatic N) is 1. The zero-order chi connectivity index (χ0) is 14.8. The first-order chi connectivity index (χ1) is 10.1. The molecule has 1 heterocycles. The number of amides is 1. The Morgan fingerprint density at radius 3 is 2.95 bits per heavy atom. The van der Waals surface area contributed by atoms with Crippen LogP contribution in [0, 0.1) is 6.92 Å². The topological polar surface area (TPSA) is 64.4 Å². The van der Waals surface area contributed by atoms with Crippen molar-refractivity contribution in [1.82, 2.24) is 4.98 Å². The van der Waals surface area contributed by atoms with Gasteiger partial charge in [0.15, 0.2) is 11.5 Å². The van der Waals surface area contributed by atoms with E-state index in [1.165, 1.54) is 0 Å². The molecular formula is C15H11ClN2O3. The van der Waals surface area contributed by atoms with E-state index in [9.17, 15) is 4.79 Å². The summed E-state index contributed by atoms with van der Waals surface area (Å²) >= 11 is 5.84. The van der Waals surface area contributed by atoms with Crippen LogP contribution >= 0.6 is 11.6 Å². The lowest BCUT2D eigenvalue weighted by atomic mass is 10.3. The highest BCUT2D eigenvalue weighted by Gasteiger charge is 2.08. The van der Waals surface area contributed by atoms with Gasteiger partial charge in [-0.1, -0.05) is 17.7 Å². The first kappa shape index (κ1) is 13.5. The lowest BCUT2D eigenvalue weighted by Gasteiger charge is -2.06. The molecule has 0 bridgehead atoms. The molecule has 0 aliphatic heterocycles. The van der Waals surface area contributed by atoms with Crippen LogP contribution in [0.1, 0.15) is 5.89 Å². The third kappa shape index (κ3) is 3.14. The molecule has 0 aliphatic carbocycles. The Labute approximate surface area is 125 Å². The lowest BCUT2D eigenvalue weighted by Crippen LogP contribution is -2.16. The van der Waals surface area contributed by atoms with Crippen LogP contribution in [0.5, 0.6) is 5.75 Å². The molecule has 5 nitrogen and oxygen atoms in total. The Morgan fingerprint density at radius 2 is 2.14 bits per heavy atom. The van der Waals surface area contributed by atoms with Crippen LogP contribution in [0.15, 0.2) is 46.9 Å². The average molecular weight is 303 g/mol. The summed E-state index contributed by atoms with van der Waals surface area (Å²) in [6.07, 6.45) is -0.604. The number of oxazole rings is 1. The Hall–Kier alpha value is -2.53. The fraction of sp³-hybridized carbons (Fsp3) is 0.0667. The maximum Gasteiger partial charge on any atom is 0.417 e. The van der Waals surface area contributed by atoms with Crippen molar-refractivity contribution in [3.8, 4) is 5.75 Å². The maximum atomic E-state index is 11.8. The predicted octanol–water partition coefficient (Wildman–Crippen LogP) is 4.40. The summed E-state index contributed by atoms with van der Waals surface area (Å²) in [6, 6.07) is 11.8. The first-order valence-corrected chi connectivity index (χ1v) is 6.59. The molecule has 1 amide bonds. The molecule has 3 aromatic rings. The summed E-state index contributed by atoms with van der Waals surface area (Å²) in [5, 5.41) is 3.13. The van der Waals surface area contributed by atoms with Crippen molar-refractivity contribution < 1.29 is 13.9 Å². The van der Waals surface area contributed by atoms with E-state index in [0.29, 0.717) is 27.9 Å². The summed E-state index contributed by atoms with van der Waals surface area (Å²) in [4.78, 5) is 16.0. The standard InChI is InChI=1S/C15H11ClN2O3/c1-9-17-13-6-5-12(8-14(13)20-9)21-15(19)18-11-4-2-3-10(16)7-11/h2-8H,1H3,(H,18,19). The van der Waals surface area contributed by atoms with Crippen LogP contribution in [0.2, 0.25) is 5.02 Å². The van der Waals surface area contributed by atoms with Gasteiger partial charge in [-0.15, -0.1) is 0 Å². The quantitative estimate of drug-likeness (QED) is 0.762. The van der Waals surface area contributed by atoms with Crippen LogP contribution in [0.25, 0.3) is 11.1 Å². The number of hydrogen-bond donors (Lipinski definition) is 1. The largest absolute Gasteiger partial charge is 0.441 e. The molecule has 6 heteroatoms. The first-order valence-electron chi connectivity index (χ1n) is 6.22. The average Bonchev–Trinajstić information content (AvgIpc) is 2.78. The number of ether oxygens (including phenoxy) is 1. The molecule has 0 saturated carbocycles. The number of anilines is 1. The van der Waals surface area contributed by atoms with Gasteiger partial charge in [-0.2, -0.15) is 0 Å². The minimum Gasteiger partial charge on any atom is -0.441 e. The number of fused-ring (bicyclic) bond motifs is 1. The Bertz CT molecular complexity index is 814. The molecule has 2 aromatic carbocycles. The van der Waals surface area contributed by atoms with Gasteiger partial charge in [0.25, 0.3) is 0 Å². The highest BCUT2D eigenvalue weighted by atomic mass is 35.5. The third-order valence-corrected chi connectivity index (χ3v) is 2.98. The molecule has 0 spiro atoms. The number of hydrogen-bond acceptors (Lipinski definition) is 4. The van der Waals surface area contributed by atoms with E-state index in [0.717, 1.165) is 5.52 Å². The lowest BCUT2D eigenvalue weighted by molar-refractivity contribution is 0.215. The van der Waals surface area contributed by atoms with E-state index in [1.807, 2.05) is 0 Å². The second kappa shape index (κ2) is 5.46. The second-order valence-corrected chi connectivity index (χ2v) is 4.82. The van der Waals surface area contributed by atoms with Crippen molar-refractivity contribution in [3.05, 3.63) is 53.4 Å². The molecule has 1 aromatic heterocycles. The Morgan fingerprint density at radius 1 is 1.29 bits per heavy atom. The van der Waals surface area contributed by atoms with Crippen molar-refractivity contribution in [2.24, 2.45) is 0 Å². The molecule has 3 rings (SSSR count). The number of carbonyl (C=O) groups is 1. The van der Waals surface area contributed by atoms with Crippen LogP contribution in [-0.2, 0) is 0 Å². The highest BCUT2D eigenvalue weighted by molar-refractivity contribution is 6.30. The minimum atomic E-state index is -0.604. The van der Waals surface area contributed by atoms with Crippen LogP contribution in [0.4, 0.5) is 10.5 Å². The summed E-state index contributed by atoms with van der Waals surface area (Å²) in [7, 11) is 0. The Balaban J connectivity index is 1.73. The molecule has 0 aliphatic rings. The van der Waals surface area contributed by atoms with E-state index < -0.39 is 6.09 Å². The van der Waals surface area contributed by atoms with Gasteiger partial charge in [0.2, 0.25) is 0 Å². The van der Waals surface area contributed by atoms with Crippen LogP contribution in [0.3, 0.4) is 0 Å². The normalized spacial score (nSPS) is 10.6. The monoisotopic (exact) mass is 302 g/mol. The fourth-order valence-corrected chi connectivity index (χ4v) is 2.09. The molecule has 0 radical (unpaired) electrons. The third-order valence-electron chi connectivity index (χ3n) is 2.75. The van der Waals surface area contributed by atoms with Gasteiger partial charge in [-0.25, -0.2) is 9.78 Å². The summed E-state index contributed by atoms with van der Waals surface area (Å²) < 4.78 is 10.6. The van der Waals surface area contributed by atoms with Gasteiger partial charge >= 0.3 is 6.09 Å². The SMILES string of the molecule is Cc1nc2ccc(OC(=O)Nc3cccc(Cl)c3)cc2o1. The minimum absolute atomic E-state index is 0.373. The molecule has 21 heavy (non-hydrogen) atoms. The van der Waals surface area contributed by atoms with Gasteiger partial charge in [0.1, 0.15) is 11.3 Å². The summed E-state index contributed by atoms with van der Waals surface area (Å²) in [5.74, 6) is 0.934. The number of aromatic nitrogens is 1. The smallest absolute Gasteiger partial charge is 0.417 e. The van der Waals surface area contributed by atoms with Crippen molar-refractivity contribution in [3.63, 3.8) is 0 Å². The van der Waals surface area contributed by atoms with Crippen LogP contribution < -0.4 is 10.1 Å². The van der Waals surface area contributed by atoms with Gasteiger partial charge < -0.3 is 9.15 Å². The highest BCUT2D eigenvalue weighted by Crippen LogP contribution is 2.22. The zero-order valence-corrected chi connectivity index (χ0v) is 11.8. The number of carbonyl (C=O) groups excluding carboxylic acids is 1. The van der Waals surface area contributed by atoms with Gasteiger partial charge in [-0.3, -0.25) is 5.32 Å². The molecule has 0 saturated heterocycles. The predicted molar refractivity (Wildman–Crippen MR) is 79.8 cm³/mol. The van der Waals surface area contributed by atoms with E-state index in [-0.39, 0.29) is 0 Å². The van der Waals surface area contributed by atoms with Crippen molar-refractivity contribution in [2.75, 3.05) is 5.32 Å². The van der Waals surface area contributed by atoms with Crippen molar-refractivity contribution in [2.45, 2.75) is 6.92 Å². The fourth-order valence-electron chi connectivity index (χ4n) is 1.90. The molecular weight excluding hydrogens is 292 g/mol. The van der Waals surface area contributed by atoms with Gasteiger partial charge in [-0.05, 0) is 30.3 Å². The number of nitrogens with one attached hydrogen (secondary N) is 1. The number of halogens is 1. The van der Waals surface area contributed by atoms with Gasteiger partial charge in [0.05, 0.1) is 0 Å². The van der Waals surface area contributed by atoms with E-state index in [2.05, 4.69) is 10.3 Å². The molecule has 0 fully saturated rings. The van der Waals surface area contributed by atoms with E-state index in [1.54, 1.807) is 49.4 Å². The van der Waals surface area contributed by atoms with E-state index in [4.69, 9.17) is 20.8 Å². The molecule has 106 valence electrons. The second-order valence-electron chi connectivity index (χ2n) is 4.39. The van der Waals surface area contributed by atoms with E-state index >= 15 is 0 Å². The number of benzene rings is 2. The van der Waals surface area contributed by atoms with Crippen molar-refractivity contribution >= 4 is 34.5 Å². The van der Waals surface area contributed by atoms with Crippen molar-refractivity contribution in [1.29, 1.82) is 0 Å². The van der Waals surface area contributed by atoms with Gasteiger partial charge in [0, 0.05) is 23.7 Å². The van der Waals surface area contributed by atoms with Crippen LogP contribution in [-0.4, -0.2) is 11.1 Å². The molecule has 0 atom stereocenters. The summed E-state index contributed by atoms with van der Waals surface area (Å²) in [6.45, 7) is 1.76. The maximum absolute atomic E-state index is 11.8. The Kier molecular flexibility index (Phi) is 3.50. The number of rotatable bonds is 2. The number of aryl methyl sites for hydroxylation is 1. The molecule has 1 N–H and O–H groups in total. The summed E-state index contributed by atoms with van der Waals surface area (Å²) in [5.41, 5.74) is 1.85.